The smallest absolute Gasteiger partial charge is 0.279 e. The van der Waals surface area contributed by atoms with Crippen LogP contribution in [0.4, 0.5) is 20.2 Å². The number of amides is 2. The van der Waals surface area contributed by atoms with Gasteiger partial charge in [0.15, 0.2) is 24.7 Å². The maximum Gasteiger partial charge on any atom is 0.279 e. The number of quaternary nitrogens is 1. The quantitative estimate of drug-likeness (QED) is 0.594. The molecule has 2 aromatic rings. The Morgan fingerprint density at radius 1 is 1.00 bits per heavy atom. The maximum absolute atomic E-state index is 13.3. The van der Waals surface area contributed by atoms with Crippen LogP contribution in [0.15, 0.2) is 36.4 Å². The van der Waals surface area contributed by atoms with Crippen LogP contribution < -0.4 is 15.5 Å². The molecule has 0 saturated carbocycles. The zero-order valence-electron chi connectivity index (χ0n) is 16.8. The number of carbonyl (C=O) groups is 2. The average Bonchev–Trinajstić information content (AvgIpc) is 2.66. The van der Waals surface area contributed by atoms with Gasteiger partial charge in [0.25, 0.3) is 11.8 Å². The van der Waals surface area contributed by atoms with Crippen molar-refractivity contribution in [3.05, 3.63) is 59.2 Å². The number of aryl methyl sites for hydroxylation is 1. The molecule has 0 bridgehead atoms. The molecule has 0 fully saturated rings. The minimum Gasteiger partial charge on any atom is -0.379 e. The summed E-state index contributed by atoms with van der Waals surface area (Å²) in [6, 6.07) is 8.78. The normalized spacial score (nSPS) is 11.8. The van der Waals surface area contributed by atoms with Crippen LogP contribution in [-0.4, -0.2) is 45.2 Å². The van der Waals surface area contributed by atoms with E-state index in [1.807, 2.05) is 32.0 Å². The minimum absolute atomic E-state index is 0.0252. The number of halogens is 2. The van der Waals surface area contributed by atoms with Gasteiger partial charge < -0.3 is 20.3 Å². The molecule has 0 radical (unpaired) electrons. The van der Waals surface area contributed by atoms with Gasteiger partial charge in [-0.15, -0.1) is 0 Å². The molecule has 0 aliphatic rings. The molecule has 3 N–H and O–H groups in total. The van der Waals surface area contributed by atoms with Crippen molar-refractivity contribution in [1.82, 2.24) is 0 Å². The van der Waals surface area contributed by atoms with Crippen molar-refractivity contribution in [2.45, 2.75) is 13.8 Å². The van der Waals surface area contributed by atoms with Crippen LogP contribution in [0.25, 0.3) is 0 Å². The highest BCUT2D eigenvalue weighted by molar-refractivity contribution is 5.93. The van der Waals surface area contributed by atoms with E-state index in [0.29, 0.717) is 18.1 Å². The second kappa shape index (κ2) is 10.6. The van der Waals surface area contributed by atoms with Crippen LogP contribution in [0.1, 0.15) is 11.1 Å². The number of anilines is 2. The van der Waals surface area contributed by atoms with Crippen molar-refractivity contribution in [2.75, 3.05) is 44.0 Å². The summed E-state index contributed by atoms with van der Waals surface area (Å²) in [5.74, 6) is -2.68. The lowest BCUT2D eigenvalue weighted by molar-refractivity contribution is -0.883. The third-order valence-electron chi connectivity index (χ3n) is 4.56. The van der Waals surface area contributed by atoms with Crippen LogP contribution in [0.2, 0.25) is 0 Å². The summed E-state index contributed by atoms with van der Waals surface area (Å²) >= 11 is 0. The SMILES string of the molecule is COCC[NH+](CC(=O)Nc1ccc(F)c(F)c1)CC(=O)Nc1cccc(C)c1C. The van der Waals surface area contributed by atoms with Gasteiger partial charge >= 0.3 is 0 Å². The molecule has 0 aromatic heterocycles. The van der Waals surface area contributed by atoms with Crippen molar-refractivity contribution in [3.63, 3.8) is 0 Å². The lowest BCUT2D eigenvalue weighted by Crippen LogP contribution is -3.14. The first-order valence-corrected chi connectivity index (χ1v) is 9.23. The van der Waals surface area contributed by atoms with E-state index in [0.717, 1.165) is 28.9 Å². The summed E-state index contributed by atoms with van der Waals surface area (Å²) in [4.78, 5) is 25.5. The Balaban J connectivity index is 1.98. The van der Waals surface area contributed by atoms with E-state index in [9.17, 15) is 18.4 Å². The summed E-state index contributed by atoms with van der Waals surface area (Å²) in [7, 11) is 1.54. The van der Waals surface area contributed by atoms with Gasteiger partial charge in [0, 0.05) is 24.6 Å². The summed E-state index contributed by atoms with van der Waals surface area (Å²) < 4.78 is 31.4. The second-order valence-corrected chi connectivity index (χ2v) is 6.82. The summed E-state index contributed by atoms with van der Waals surface area (Å²) in [6.45, 7) is 4.72. The van der Waals surface area contributed by atoms with Gasteiger partial charge in [0.2, 0.25) is 0 Å². The third-order valence-corrected chi connectivity index (χ3v) is 4.56. The van der Waals surface area contributed by atoms with Crippen LogP contribution in [0.3, 0.4) is 0 Å². The van der Waals surface area contributed by atoms with Crippen LogP contribution in [-0.2, 0) is 14.3 Å². The average molecular weight is 406 g/mol. The Hall–Kier alpha value is -2.84. The lowest BCUT2D eigenvalue weighted by Gasteiger charge is -2.19. The minimum atomic E-state index is -1.04. The number of hydrogen-bond donors (Lipinski definition) is 3. The molecule has 2 amide bonds. The maximum atomic E-state index is 13.3. The number of carbonyl (C=O) groups excluding carboxylic acids is 2. The first kappa shape index (κ1) is 22.4. The standard InChI is InChI=1S/C21H25F2N3O3/c1-14-5-4-6-19(15(14)2)25-21(28)13-26(9-10-29-3)12-20(27)24-16-7-8-17(22)18(23)11-16/h4-8,11H,9-10,12-13H2,1-3H3,(H,24,27)(H,25,28)/p+1. The number of benzene rings is 2. The van der Waals surface area contributed by atoms with E-state index in [1.54, 1.807) is 0 Å². The largest absolute Gasteiger partial charge is 0.379 e. The second-order valence-electron chi connectivity index (χ2n) is 6.82. The van der Waals surface area contributed by atoms with E-state index in [-0.39, 0.29) is 24.7 Å². The first-order valence-electron chi connectivity index (χ1n) is 9.23. The zero-order valence-corrected chi connectivity index (χ0v) is 16.8. The number of methoxy groups -OCH3 is 1. The van der Waals surface area contributed by atoms with Gasteiger partial charge in [-0.25, -0.2) is 8.78 Å². The summed E-state index contributed by atoms with van der Waals surface area (Å²) in [5.41, 5.74) is 2.93. The number of ether oxygens (including phenoxy) is 1. The van der Waals surface area contributed by atoms with Crippen LogP contribution >= 0.6 is 0 Å². The molecule has 29 heavy (non-hydrogen) atoms. The van der Waals surface area contributed by atoms with Crippen molar-refractivity contribution in [2.24, 2.45) is 0 Å². The van der Waals surface area contributed by atoms with Gasteiger partial charge in [-0.1, -0.05) is 12.1 Å². The lowest BCUT2D eigenvalue weighted by atomic mass is 10.1. The van der Waals surface area contributed by atoms with E-state index in [1.165, 1.54) is 13.2 Å². The number of rotatable bonds is 9. The molecule has 0 saturated heterocycles. The van der Waals surface area contributed by atoms with E-state index >= 15 is 0 Å². The van der Waals surface area contributed by atoms with Gasteiger partial charge in [-0.05, 0) is 43.2 Å². The Morgan fingerprint density at radius 2 is 1.69 bits per heavy atom. The molecule has 0 aliphatic heterocycles. The van der Waals surface area contributed by atoms with Crippen molar-refractivity contribution >= 4 is 23.2 Å². The monoisotopic (exact) mass is 406 g/mol. The molecule has 1 unspecified atom stereocenters. The highest BCUT2D eigenvalue weighted by Gasteiger charge is 2.19. The Labute approximate surface area is 168 Å². The predicted octanol–water partition coefficient (Wildman–Crippen LogP) is 1.69. The first-order chi connectivity index (χ1) is 13.8. The highest BCUT2D eigenvalue weighted by atomic mass is 19.2. The molecule has 1 atom stereocenters. The Bertz CT molecular complexity index is 874. The van der Waals surface area contributed by atoms with Crippen molar-refractivity contribution < 1.29 is 28.0 Å². The molecular formula is C21H26F2N3O3+. The molecule has 2 rings (SSSR count). The molecule has 8 heteroatoms. The fraction of sp³-hybridized carbons (Fsp3) is 0.333. The fourth-order valence-electron chi connectivity index (χ4n) is 2.80. The van der Waals surface area contributed by atoms with E-state index < -0.39 is 17.5 Å². The molecule has 0 spiro atoms. The van der Waals surface area contributed by atoms with Crippen LogP contribution in [0, 0.1) is 25.5 Å². The molecule has 0 aliphatic carbocycles. The Morgan fingerprint density at radius 3 is 2.34 bits per heavy atom. The summed E-state index contributed by atoms with van der Waals surface area (Å²) in [6.07, 6.45) is 0. The Kier molecular flexibility index (Phi) is 8.23. The topological polar surface area (TPSA) is 71.9 Å². The fourth-order valence-corrected chi connectivity index (χ4v) is 2.80. The zero-order chi connectivity index (χ0) is 21.4. The van der Waals surface area contributed by atoms with Crippen LogP contribution in [0.5, 0.6) is 0 Å². The summed E-state index contributed by atoms with van der Waals surface area (Å²) in [5, 5.41) is 5.39. The highest BCUT2D eigenvalue weighted by Crippen LogP contribution is 2.17. The molecule has 0 heterocycles. The predicted molar refractivity (Wildman–Crippen MR) is 107 cm³/mol. The van der Waals surface area contributed by atoms with Gasteiger partial charge in [-0.2, -0.15) is 0 Å². The third kappa shape index (κ3) is 6.92. The molecule has 156 valence electrons. The van der Waals surface area contributed by atoms with E-state index in [4.69, 9.17) is 4.74 Å². The van der Waals surface area contributed by atoms with Gasteiger partial charge in [0.1, 0.15) is 6.54 Å². The number of nitrogens with one attached hydrogen (secondary N) is 3. The van der Waals surface area contributed by atoms with Crippen molar-refractivity contribution in [1.29, 1.82) is 0 Å². The molecule has 6 nitrogen and oxygen atoms in total. The van der Waals surface area contributed by atoms with Crippen molar-refractivity contribution in [3.8, 4) is 0 Å². The van der Waals surface area contributed by atoms with Gasteiger partial charge in [0.05, 0.1) is 6.61 Å². The molecule has 2 aromatic carbocycles. The molecular weight excluding hydrogens is 380 g/mol. The van der Waals surface area contributed by atoms with E-state index in [2.05, 4.69) is 10.6 Å². The van der Waals surface area contributed by atoms with Gasteiger partial charge in [-0.3, -0.25) is 9.59 Å². The number of hydrogen-bond acceptors (Lipinski definition) is 3.